The van der Waals surface area contributed by atoms with Gasteiger partial charge in [0.15, 0.2) is 9.84 Å². The van der Waals surface area contributed by atoms with Crippen LogP contribution >= 0.6 is 0 Å². The minimum absolute atomic E-state index is 0.0539. The van der Waals surface area contributed by atoms with Crippen LogP contribution in [0.2, 0.25) is 0 Å². The topological polar surface area (TPSA) is 109 Å². The van der Waals surface area contributed by atoms with Crippen molar-refractivity contribution >= 4 is 21.8 Å². The molecule has 1 aromatic carbocycles. The summed E-state index contributed by atoms with van der Waals surface area (Å²) in [5, 5.41) is 19.3. The number of carbonyl (C=O) groups is 2. The van der Waals surface area contributed by atoms with Gasteiger partial charge in [0.1, 0.15) is 0 Å². The average Bonchev–Trinajstić information content (AvgIpc) is 2.62. The molecule has 3 aliphatic rings. The number of hydrogen-bond donors (Lipinski definition) is 2. The van der Waals surface area contributed by atoms with Gasteiger partial charge in [-0.3, -0.25) is 0 Å². The van der Waals surface area contributed by atoms with Crippen molar-refractivity contribution in [3.8, 4) is 0 Å². The van der Waals surface area contributed by atoms with Gasteiger partial charge in [-0.2, -0.15) is 0 Å². The van der Waals surface area contributed by atoms with Gasteiger partial charge >= 0.3 is 11.9 Å². The van der Waals surface area contributed by atoms with E-state index in [4.69, 9.17) is 0 Å². The largest absolute Gasteiger partial charge is 0.478 e. The second kappa shape index (κ2) is 6.31. The summed E-state index contributed by atoms with van der Waals surface area (Å²) in [5.41, 5.74) is -0.876. The number of benzene rings is 1. The van der Waals surface area contributed by atoms with Crippen molar-refractivity contribution in [2.45, 2.75) is 70.1 Å². The Morgan fingerprint density at radius 1 is 0.967 bits per heavy atom. The summed E-state index contributed by atoms with van der Waals surface area (Å²) in [7, 11) is -3.82. The fraction of sp³-hybridized carbons (Fsp3) is 0.652. The molecule has 7 heteroatoms. The SMILES string of the molecule is CC1(C)CCC[C@]2(C)[C@H]3CS(=O)(=O)c4cc(C(=O)O)cc(C(=O)O)c4[C@]3(C)CC[C@@H]12. The minimum atomic E-state index is -3.82. The smallest absolute Gasteiger partial charge is 0.336 e. The number of sulfone groups is 1. The maximum atomic E-state index is 13.4. The molecule has 164 valence electrons. The highest BCUT2D eigenvalue weighted by Gasteiger charge is 2.62. The maximum Gasteiger partial charge on any atom is 0.336 e. The van der Waals surface area contributed by atoms with Crippen molar-refractivity contribution in [1.29, 1.82) is 0 Å². The Morgan fingerprint density at radius 3 is 2.23 bits per heavy atom. The average molecular weight is 435 g/mol. The first-order chi connectivity index (χ1) is 13.7. The summed E-state index contributed by atoms with van der Waals surface area (Å²) in [4.78, 5) is 23.6. The standard InChI is InChI=1S/C23H30O6S/c1-21(2)7-5-8-22(3)16(21)6-9-23(4)17(22)12-30(28,29)15-11-13(19(24)25)10-14(18(15)23)20(26)27/h10-11,16-17H,5-9,12H2,1-4H3,(H,24,25)(H,26,27)/t16-,17+,22-,23+/m0/s1. The molecule has 6 nitrogen and oxygen atoms in total. The zero-order chi connectivity index (χ0) is 22.3. The van der Waals surface area contributed by atoms with Gasteiger partial charge in [-0.25, -0.2) is 18.0 Å². The first kappa shape index (κ1) is 21.3. The van der Waals surface area contributed by atoms with Gasteiger partial charge in [-0.05, 0) is 71.5 Å². The normalized spacial score (nSPS) is 36.1. The molecule has 0 aromatic heterocycles. The molecule has 1 aromatic rings. The van der Waals surface area contributed by atoms with Crippen LogP contribution in [-0.2, 0) is 15.3 Å². The Hall–Kier alpha value is -1.89. The van der Waals surface area contributed by atoms with Crippen molar-refractivity contribution in [2.24, 2.45) is 22.7 Å². The lowest BCUT2D eigenvalue weighted by Crippen LogP contribution is -2.60. The fourth-order valence-electron chi connectivity index (χ4n) is 7.37. The number of carboxylic acids is 2. The van der Waals surface area contributed by atoms with E-state index in [0.29, 0.717) is 17.9 Å². The van der Waals surface area contributed by atoms with E-state index in [1.54, 1.807) is 0 Å². The van der Waals surface area contributed by atoms with Crippen LogP contribution < -0.4 is 0 Å². The molecule has 0 spiro atoms. The summed E-state index contributed by atoms with van der Waals surface area (Å²) in [6.45, 7) is 8.74. The highest BCUT2D eigenvalue weighted by atomic mass is 32.2. The summed E-state index contributed by atoms with van der Waals surface area (Å²) < 4.78 is 26.8. The Bertz CT molecular complexity index is 1060. The van der Waals surface area contributed by atoms with Crippen molar-refractivity contribution in [3.63, 3.8) is 0 Å². The third kappa shape index (κ3) is 2.77. The third-order valence-electron chi connectivity index (χ3n) is 8.67. The predicted molar refractivity (Wildman–Crippen MR) is 112 cm³/mol. The van der Waals surface area contributed by atoms with Gasteiger partial charge in [-0.15, -0.1) is 0 Å². The molecule has 0 radical (unpaired) electrons. The first-order valence-corrected chi connectivity index (χ1v) is 12.3. The van der Waals surface area contributed by atoms with Crippen molar-refractivity contribution < 1.29 is 28.2 Å². The molecule has 2 N–H and O–H groups in total. The van der Waals surface area contributed by atoms with Crippen LogP contribution in [0.25, 0.3) is 0 Å². The lowest BCUT2D eigenvalue weighted by atomic mass is 9.42. The summed E-state index contributed by atoms with van der Waals surface area (Å²) >= 11 is 0. The molecule has 0 unspecified atom stereocenters. The van der Waals surface area contributed by atoms with Gasteiger partial charge in [0.2, 0.25) is 0 Å². The highest BCUT2D eigenvalue weighted by Crippen LogP contribution is 2.66. The van der Waals surface area contributed by atoms with E-state index in [-0.39, 0.29) is 38.5 Å². The lowest BCUT2D eigenvalue weighted by Gasteiger charge is -2.64. The van der Waals surface area contributed by atoms with Gasteiger partial charge < -0.3 is 10.2 Å². The molecule has 4 rings (SSSR count). The highest BCUT2D eigenvalue weighted by molar-refractivity contribution is 7.91. The van der Waals surface area contributed by atoms with Gasteiger partial charge in [-0.1, -0.05) is 34.1 Å². The van der Waals surface area contributed by atoms with E-state index in [1.807, 2.05) is 6.92 Å². The molecular formula is C23H30O6S. The molecule has 0 amide bonds. The summed E-state index contributed by atoms with van der Waals surface area (Å²) in [6, 6.07) is 2.30. The molecule has 0 bridgehead atoms. The number of fused-ring (bicyclic) bond motifs is 5. The molecule has 2 fully saturated rings. The number of carboxylic acid groups (broad SMARTS) is 2. The zero-order valence-corrected chi connectivity index (χ0v) is 18.8. The van der Waals surface area contributed by atoms with E-state index in [0.717, 1.165) is 31.7 Å². The number of hydrogen-bond acceptors (Lipinski definition) is 4. The molecule has 2 aliphatic carbocycles. The molecule has 30 heavy (non-hydrogen) atoms. The minimum Gasteiger partial charge on any atom is -0.478 e. The fourth-order valence-corrected chi connectivity index (χ4v) is 9.70. The number of aromatic carboxylic acids is 2. The Balaban J connectivity index is 2.01. The van der Waals surface area contributed by atoms with E-state index >= 15 is 0 Å². The van der Waals surface area contributed by atoms with Gasteiger partial charge in [0.25, 0.3) is 0 Å². The predicted octanol–water partition coefficient (Wildman–Crippen LogP) is 4.37. The first-order valence-electron chi connectivity index (χ1n) is 10.6. The van der Waals surface area contributed by atoms with E-state index in [1.165, 1.54) is 6.07 Å². The van der Waals surface area contributed by atoms with Crippen LogP contribution in [0.1, 0.15) is 86.1 Å². The van der Waals surface area contributed by atoms with Crippen molar-refractivity contribution in [2.75, 3.05) is 5.75 Å². The van der Waals surface area contributed by atoms with Crippen molar-refractivity contribution in [3.05, 3.63) is 28.8 Å². The Kier molecular flexibility index (Phi) is 4.49. The monoisotopic (exact) mass is 434 g/mol. The second-order valence-electron chi connectivity index (χ2n) is 10.7. The van der Waals surface area contributed by atoms with Crippen LogP contribution in [0.4, 0.5) is 0 Å². The zero-order valence-electron chi connectivity index (χ0n) is 18.0. The van der Waals surface area contributed by atoms with Crippen LogP contribution in [0.5, 0.6) is 0 Å². The van der Waals surface area contributed by atoms with Crippen LogP contribution in [-0.4, -0.2) is 36.3 Å². The molecule has 0 saturated heterocycles. The quantitative estimate of drug-likeness (QED) is 0.715. The third-order valence-corrected chi connectivity index (χ3v) is 10.4. The van der Waals surface area contributed by atoms with E-state index in [9.17, 15) is 28.2 Å². The van der Waals surface area contributed by atoms with Crippen LogP contribution in [0.3, 0.4) is 0 Å². The van der Waals surface area contributed by atoms with Gasteiger partial charge in [0, 0.05) is 0 Å². The number of rotatable bonds is 2. The van der Waals surface area contributed by atoms with Gasteiger partial charge in [0.05, 0.1) is 21.8 Å². The molecule has 4 atom stereocenters. The molecular weight excluding hydrogens is 404 g/mol. The van der Waals surface area contributed by atoms with E-state index < -0.39 is 27.2 Å². The lowest BCUT2D eigenvalue weighted by molar-refractivity contribution is -0.0982. The summed E-state index contributed by atoms with van der Waals surface area (Å²) in [5.74, 6) is -2.48. The van der Waals surface area contributed by atoms with E-state index in [2.05, 4.69) is 20.8 Å². The maximum absolute atomic E-state index is 13.4. The van der Waals surface area contributed by atoms with Crippen molar-refractivity contribution in [1.82, 2.24) is 0 Å². The molecule has 2 saturated carbocycles. The molecule has 1 heterocycles. The van der Waals surface area contributed by atoms with Crippen LogP contribution in [0, 0.1) is 22.7 Å². The Morgan fingerprint density at radius 2 is 1.63 bits per heavy atom. The summed E-state index contributed by atoms with van der Waals surface area (Å²) in [6.07, 6.45) is 4.69. The molecule has 1 aliphatic heterocycles. The second-order valence-corrected chi connectivity index (χ2v) is 12.7. The van der Waals surface area contributed by atoms with Crippen LogP contribution in [0.15, 0.2) is 17.0 Å². The Labute approximate surface area is 177 Å².